The number of nitrogens with one attached hydrogen (secondary N) is 3. The zero-order valence-electron chi connectivity index (χ0n) is 35.9. The molecule has 0 unspecified atom stereocenters. The van der Waals surface area contributed by atoms with Crippen molar-refractivity contribution in [1.82, 2.24) is 30.2 Å². The predicted octanol–water partition coefficient (Wildman–Crippen LogP) is 5.92. The van der Waals surface area contributed by atoms with Gasteiger partial charge in [-0.1, -0.05) is 33.4 Å². The topological polar surface area (TPSA) is 195 Å². The Labute approximate surface area is 355 Å². The largest absolute Gasteiger partial charge is 0.496 e. The van der Waals surface area contributed by atoms with Crippen LogP contribution in [0, 0.1) is 18.8 Å². The number of thiazole rings is 1. The molecule has 60 heavy (non-hydrogen) atoms. The van der Waals surface area contributed by atoms with Gasteiger partial charge in [0.05, 0.1) is 29.6 Å². The molecule has 324 valence electrons. The molecular formula is C43H56N6O9S2. The second kappa shape index (κ2) is 16.1. The van der Waals surface area contributed by atoms with Crippen LogP contribution in [0.4, 0.5) is 4.79 Å². The van der Waals surface area contributed by atoms with Crippen LogP contribution in [0.2, 0.25) is 0 Å². The molecule has 0 radical (unpaired) electrons. The number of alkyl carbamates (subject to hydrolysis) is 1. The van der Waals surface area contributed by atoms with Crippen LogP contribution in [0.15, 0.2) is 48.4 Å². The number of fused-ring (bicyclic) bond motifs is 1. The third kappa shape index (κ3) is 8.60. The number of likely N-dealkylation sites (tertiary alicyclic amines) is 1. The maximum atomic E-state index is 14.7. The Kier molecular flexibility index (Phi) is 11.9. The highest BCUT2D eigenvalue weighted by atomic mass is 32.2. The van der Waals surface area contributed by atoms with E-state index in [-0.39, 0.29) is 24.5 Å². The molecule has 1 saturated heterocycles. The summed E-state index contributed by atoms with van der Waals surface area (Å²) in [5.74, 6) is -2.27. The second-order valence-corrected chi connectivity index (χ2v) is 20.8. The van der Waals surface area contributed by atoms with E-state index in [1.165, 1.54) is 22.3 Å². The molecule has 1 aliphatic heterocycles. The first-order valence-electron chi connectivity index (χ1n) is 20.0. The molecule has 3 aliphatic rings. The fraction of sp³-hybridized carbons (Fsp3) is 0.535. The number of benzene rings is 1. The second-order valence-electron chi connectivity index (χ2n) is 17.8. The normalized spacial score (nSPS) is 23.7. The maximum absolute atomic E-state index is 14.7. The molecule has 0 spiro atoms. The molecule has 15 nitrogen and oxygen atoms in total. The van der Waals surface area contributed by atoms with Crippen molar-refractivity contribution in [3.63, 3.8) is 0 Å². The average Bonchev–Trinajstić information content (AvgIpc) is 3.98. The molecule has 6 atom stereocenters. The van der Waals surface area contributed by atoms with Gasteiger partial charge in [0.25, 0.3) is 5.91 Å². The highest BCUT2D eigenvalue weighted by molar-refractivity contribution is 7.91. The Bertz CT molecular complexity index is 2370. The minimum atomic E-state index is -4.04. The molecule has 2 aromatic heterocycles. The SMILES string of the molecule is C=C[C@@H]1C[C@]1(NC(=O)[C@@H]1[C@H](C)[C@@H](Oc2cc(-c3nc(C(C)C)cs3)nc3c(C)c(OC)ccc23)CN1C(=O)[C@@H](NC(=O)OC(C)(C)C)C(=C)C)C(=O)NS(=O)(=O)C1(C)CC1. The lowest BCUT2D eigenvalue weighted by Crippen LogP contribution is -2.59. The highest BCUT2D eigenvalue weighted by Gasteiger charge is 2.63. The molecule has 2 aliphatic carbocycles. The number of carbonyl (C=O) groups excluding carboxylic acids is 4. The number of ether oxygens (including phenoxy) is 3. The number of hydrogen-bond acceptors (Lipinski definition) is 12. The average molecular weight is 865 g/mol. The molecule has 17 heteroatoms. The van der Waals surface area contributed by atoms with Gasteiger partial charge < -0.3 is 29.7 Å². The van der Waals surface area contributed by atoms with Crippen LogP contribution in [0.5, 0.6) is 11.5 Å². The first kappa shape index (κ1) is 44.5. The zero-order chi connectivity index (χ0) is 44.3. The van der Waals surface area contributed by atoms with Gasteiger partial charge in [-0.15, -0.1) is 17.9 Å². The molecule has 3 N–H and O–H groups in total. The number of carbonyl (C=O) groups is 4. The number of sulfonamides is 1. The van der Waals surface area contributed by atoms with Gasteiger partial charge in [-0.2, -0.15) is 0 Å². The first-order chi connectivity index (χ1) is 28.0. The van der Waals surface area contributed by atoms with E-state index in [0.29, 0.717) is 45.9 Å². The molecule has 3 heterocycles. The summed E-state index contributed by atoms with van der Waals surface area (Å²) in [7, 11) is -2.46. The van der Waals surface area contributed by atoms with Crippen molar-refractivity contribution in [1.29, 1.82) is 0 Å². The molecule has 0 bridgehead atoms. The molecule has 6 rings (SSSR count). The molecule has 2 saturated carbocycles. The van der Waals surface area contributed by atoms with E-state index in [2.05, 4.69) is 42.4 Å². The lowest BCUT2D eigenvalue weighted by atomic mass is 9.98. The van der Waals surface area contributed by atoms with Gasteiger partial charge in [-0.25, -0.2) is 23.2 Å². The van der Waals surface area contributed by atoms with Crippen LogP contribution in [0.25, 0.3) is 21.6 Å². The Hall–Kier alpha value is -5.03. The summed E-state index contributed by atoms with van der Waals surface area (Å²) < 4.78 is 45.4. The summed E-state index contributed by atoms with van der Waals surface area (Å²) in [6, 6.07) is 2.90. The third-order valence-corrected chi connectivity index (χ3v) is 14.7. The molecule has 1 aromatic carbocycles. The zero-order valence-corrected chi connectivity index (χ0v) is 37.6. The standard InChI is InChI=1S/C43H56N6O9S2/c1-13-26-19-43(26,39(52)48-60(54,55)42(11)16-17-42)47-36(50)35-25(7)32(20-49(35)38(51)33(23(4)5)46-40(53)58-41(8,9)10)57-31-18-28(37-45-29(21-59-37)22(2)3)44-34-24(6)30(56-12)15-14-27(31)34/h13-15,18,21-22,25-26,32-33,35H,1,4,16-17,19-20H2,2-3,5-12H3,(H,46,53)(H,47,50)(H,48,52)/t25-,26-,32+,33+,35+,43-/m1/s1. The smallest absolute Gasteiger partial charge is 0.408 e. The third-order valence-electron chi connectivity index (χ3n) is 11.6. The van der Waals surface area contributed by atoms with Gasteiger partial charge in [0.15, 0.2) is 0 Å². The number of hydrogen-bond donors (Lipinski definition) is 3. The fourth-order valence-electron chi connectivity index (χ4n) is 7.45. The Morgan fingerprint density at radius 2 is 1.80 bits per heavy atom. The van der Waals surface area contributed by atoms with E-state index in [1.54, 1.807) is 54.7 Å². The van der Waals surface area contributed by atoms with Crippen LogP contribution in [0.3, 0.4) is 0 Å². The van der Waals surface area contributed by atoms with Crippen LogP contribution < -0.4 is 24.8 Å². The van der Waals surface area contributed by atoms with Gasteiger partial charge in [0, 0.05) is 34.2 Å². The lowest BCUT2D eigenvalue weighted by Gasteiger charge is -2.31. The van der Waals surface area contributed by atoms with E-state index < -0.39 is 79.7 Å². The molecular weight excluding hydrogens is 809 g/mol. The number of rotatable bonds is 14. The number of pyridine rings is 1. The summed E-state index contributed by atoms with van der Waals surface area (Å²) >= 11 is 1.46. The minimum absolute atomic E-state index is 0.105. The summed E-state index contributed by atoms with van der Waals surface area (Å²) in [5, 5.41) is 8.78. The number of amides is 4. The van der Waals surface area contributed by atoms with Crippen LogP contribution >= 0.6 is 11.3 Å². The van der Waals surface area contributed by atoms with Crippen molar-refractivity contribution >= 4 is 56.1 Å². The van der Waals surface area contributed by atoms with Gasteiger partial charge in [0.2, 0.25) is 21.8 Å². The van der Waals surface area contributed by atoms with Crippen molar-refractivity contribution in [3.8, 4) is 22.2 Å². The van der Waals surface area contributed by atoms with Crippen molar-refractivity contribution in [2.45, 2.75) is 122 Å². The van der Waals surface area contributed by atoms with E-state index in [9.17, 15) is 27.6 Å². The summed E-state index contributed by atoms with van der Waals surface area (Å²) in [6.45, 7) is 23.6. The van der Waals surface area contributed by atoms with E-state index in [0.717, 1.165) is 11.3 Å². The monoisotopic (exact) mass is 864 g/mol. The maximum Gasteiger partial charge on any atom is 0.408 e. The van der Waals surface area contributed by atoms with Crippen LogP contribution in [-0.4, -0.2) is 94.8 Å². The fourth-order valence-corrected chi connectivity index (χ4v) is 9.70. The minimum Gasteiger partial charge on any atom is -0.496 e. The Morgan fingerprint density at radius 3 is 2.35 bits per heavy atom. The van der Waals surface area contributed by atoms with Crippen molar-refractivity contribution in [2.75, 3.05) is 13.7 Å². The Balaban J connectivity index is 1.39. The number of methoxy groups -OCH3 is 1. The van der Waals surface area contributed by atoms with Crippen LogP contribution in [-0.2, 0) is 29.1 Å². The lowest BCUT2D eigenvalue weighted by molar-refractivity contribution is -0.141. The quantitative estimate of drug-likeness (QED) is 0.163. The van der Waals surface area contributed by atoms with E-state index in [1.807, 2.05) is 24.4 Å². The number of aryl methyl sites for hydroxylation is 1. The summed E-state index contributed by atoms with van der Waals surface area (Å²) in [4.78, 5) is 67.3. The van der Waals surface area contributed by atoms with Gasteiger partial charge in [-0.3, -0.25) is 19.1 Å². The highest BCUT2D eigenvalue weighted by Crippen LogP contribution is 2.47. The Morgan fingerprint density at radius 1 is 1.12 bits per heavy atom. The van der Waals surface area contributed by atoms with Crippen molar-refractivity contribution in [2.24, 2.45) is 11.8 Å². The van der Waals surface area contributed by atoms with Gasteiger partial charge in [-0.05, 0) is 84.4 Å². The van der Waals surface area contributed by atoms with Crippen molar-refractivity contribution in [3.05, 3.63) is 59.6 Å². The summed E-state index contributed by atoms with van der Waals surface area (Å²) in [6.07, 6.45) is 0.743. The number of nitrogens with zero attached hydrogens (tertiary/aromatic N) is 3. The van der Waals surface area contributed by atoms with E-state index in [4.69, 9.17) is 24.2 Å². The van der Waals surface area contributed by atoms with E-state index >= 15 is 0 Å². The van der Waals surface area contributed by atoms with Crippen LogP contribution in [0.1, 0.15) is 91.8 Å². The first-order valence-corrected chi connectivity index (χ1v) is 22.4. The van der Waals surface area contributed by atoms with Gasteiger partial charge in [0.1, 0.15) is 51.5 Å². The molecule has 3 aromatic rings. The number of aromatic nitrogens is 2. The van der Waals surface area contributed by atoms with Gasteiger partial charge >= 0.3 is 6.09 Å². The molecule has 3 fully saturated rings. The summed E-state index contributed by atoms with van der Waals surface area (Å²) in [5.41, 5.74) is 0.663. The van der Waals surface area contributed by atoms with Crippen molar-refractivity contribution < 1.29 is 41.8 Å². The predicted molar refractivity (Wildman–Crippen MR) is 229 cm³/mol. The molecule has 4 amide bonds.